The van der Waals surface area contributed by atoms with E-state index < -0.39 is 0 Å². The monoisotopic (exact) mass is 316 g/mol. The van der Waals surface area contributed by atoms with Crippen molar-refractivity contribution in [1.29, 1.82) is 0 Å². The predicted octanol–water partition coefficient (Wildman–Crippen LogP) is 4.70. The molecule has 0 heterocycles. The summed E-state index contributed by atoms with van der Waals surface area (Å²) in [6.45, 7) is 0. The fraction of sp³-hybridized carbons (Fsp3) is 0.0952. The zero-order chi connectivity index (χ0) is 16.7. The summed E-state index contributed by atoms with van der Waals surface area (Å²) in [6.07, 6.45) is 1.82. The van der Waals surface area contributed by atoms with E-state index in [-0.39, 0.29) is 5.78 Å². The molecule has 118 valence electrons. The number of methoxy groups -OCH3 is 2. The van der Waals surface area contributed by atoms with Crippen LogP contribution in [0.15, 0.2) is 60.4 Å². The van der Waals surface area contributed by atoms with E-state index in [0.29, 0.717) is 11.3 Å². The third kappa shape index (κ3) is 2.17. The van der Waals surface area contributed by atoms with Gasteiger partial charge in [-0.3, -0.25) is 4.79 Å². The summed E-state index contributed by atoms with van der Waals surface area (Å²) >= 11 is 0. The molecule has 0 aliphatic heterocycles. The molecule has 3 nitrogen and oxygen atoms in total. The molecule has 0 unspecified atom stereocenters. The molecule has 0 N–H and O–H groups in total. The number of carbonyl (C=O) groups excluding carboxylic acids is 1. The van der Waals surface area contributed by atoms with Gasteiger partial charge in [0.2, 0.25) is 5.78 Å². The highest BCUT2D eigenvalue weighted by Gasteiger charge is 2.22. The van der Waals surface area contributed by atoms with E-state index in [1.807, 2.05) is 48.5 Å². The van der Waals surface area contributed by atoms with Crippen LogP contribution in [-0.2, 0) is 4.74 Å². The minimum atomic E-state index is -0.0622. The van der Waals surface area contributed by atoms with Gasteiger partial charge in [-0.1, -0.05) is 30.3 Å². The van der Waals surface area contributed by atoms with Gasteiger partial charge in [0.05, 0.1) is 14.2 Å². The first-order valence-electron chi connectivity index (χ1n) is 7.73. The first-order valence-corrected chi connectivity index (χ1v) is 7.73. The second kappa shape index (κ2) is 5.53. The first kappa shape index (κ1) is 14.5. The van der Waals surface area contributed by atoms with Crippen molar-refractivity contribution in [2.75, 3.05) is 14.2 Å². The lowest BCUT2D eigenvalue weighted by molar-refractivity contribution is 0.0957. The van der Waals surface area contributed by atoms with Crippen LogP contribution < -0.4 is 4.74 Å². The van der Waals surface area contributed by atoms with Gasteiger partial charge in [-0.2, -0.15) is 0 Å². The molecule has 0 saturated heterocycles. The lowest BCUT2D eigenvalue weighted by Gasteiger charge is -2.17. The maximum atomic E-state index is 12.5. The summed E-state index contributed by atoms with van der Waals surface area (Å²) in [4.78, 5) is 12.5. The van der Waals surface area contributed by atoms with Crippen molar-refractivity contribution in [3.05, 3.63) is 71.5 Å². The van der Waals surface area contributed by atoms with Crippen molar-refractivity contribution in [3.63, 3.8) is 0 Å². The maximum Gasteiger partial charge on any atom is 0.228 e. The second-order valence-electron chi connectivity index (χ2n) is 5.74. The van der Waals surface area contributed by atoms with Gasteiger partial charge in [-0.25, -0.2) is 0 Å². The number of hydrogen-bond acceptors (Lipinski definition) is 3. The van der Waals surface area contributed by atoms with Crippen LogP contribution in [0.5, 0.6) is 5.75 Å². The Balaban J connectivity index is 1.95. The van der Waals surface area contributed by atoms with Crippen molar-refractivity contribution in [2.45, 2.75) is 0 Å². The van der Waals surface area contributed by atoms with E-state index in [0.717, 1.165) is 33.2 Å². The Morgan fingerprint density at radius 1 is 0.833 bits per heavy atom. The molecule has 0 fully saturated rings. The van der Waals surface area contributed by atoms with Crippen molar-refractivity contribution in [3.8, 4) is 16.9 Å². The van der Waals surface area contributed by atoms with Crippen LogP contribution in [0.1, 0.15) is 15.9 Å². The quantitative estimate of drug-likeness (QED) is 0.702. The zero-order valence-corrected chi connectivity index (χ0v) is 13.5. The maximum absolute atomic E-state index is 12.5. The van der Waals surface area contributed by atoms with Crippen LogP contribution in [-0.4, -0.2) is 20.0 Å². The van der Waals surface area contributed by atoms with Gasteiger partial charge in [0.1, 0.15) is 5.75 Å². The molecule has 0 saturated carbocycles. The van der Waals surface area contributed by atoms with Crippen LogP contribution in [0.4, 0.5) is 0 Å². The number of rotatable bonds is 3. The van der Waals surface area contributed by atoms with Crippen molar-refractivity contribution >= 4 is 22.6 Å². The summed E-state index contributed by atoms with van der Waals surface area (Å²) in [5.41, 5.74) is 3.90. The van der Waals surface area contributed by atoms with Gasteiger partial charge in [0, 0.05) is 10.9 Å². The van der Waals surface area contributed by atoms with Crippen LogP contribution in [0, 0.1) is 0 Å². The molecule has 4 rings (SSSR count). The fourth-order valence-corrected chi connectivity index (χ4v) is 3.21. The van der Waals surface area contributed by atoms with Crippen LogP contribution in [0.25, 0.3) is 28.0 Å². The minimum Gasteiger partial charge on any atom is -0.497 e. The molecule has 3 aromatic carbocycles. The highest BCUT2D eigenvalue weighted by atomic mass is 16.5. The normalized spacial score (nSPS) is 12.9. The van der Waals surface area contributed by atoms with Crippen molar-refractivity contribution in [1.82, 2.24) is 0 Å². The highest BCUT2D eigenvalue weighted by molar-refractivity contribution is 6.22. The predicted molar refractivity (Wildman–Crippen MR) is 95.3 cm³/mol. The van der Waals surface area contributed by atoms with E-state index in [2.05, 4.69) is 12.1 Å². The van der Waals surface area contributed by atoms with Crippen LogP contribution >= 0.6 is 0 Å². The van der Waals surface area contributed by atoms with E-state index in [9.17, 15) is 4.79 Å². The van der Waals surface area contributed by atoms with Gasteiger partial charge in [-0.05, 0) is 52.4 Å². The number of ether oxygens (including phenoxy) is 2. The lowest BCUT2D eigenvalue weighted by Crippen LogP contribution is -2.10. The Morgan fingerprint density at radius 2 is 1.62 bits per heavy atom. The molecule has 1 aliphatic rings. The Hall–Kier alpha value is -3.07. The lowest BCUT2D eigenvalue weighted by atomic mass is 9.88. The van der Waals surface area contributed by atoms with Crippen LogP contribution in [0.2, 0.25) is 0 Å². The van der Waals surface area contributed by atoms with E-state index in [1.165, 1.54) is 7.11 Å². The van der Waals surface area contributed by atoms with Gasteiger partial charge >= 0.3 is 0 Å². The topological polar surface area (TPSA) is 35.5 Å². The van der Waals surface area contributed by atoms with E-state index in [4.69, 9.17) is 9.47 Å². The summed E-state index contributed by atoms with van der Waals surface area (Å²) in [5.74, 6) is 1.14. The molecule has 0 amide bonds. The molecule has 0 aromatic heterocycles. The SMILES string of the molecule is COC1=Cc2cc(-c3ccc(OC)cc3)cc3cccc(c23)C1=O. The Bertz CT molecular complexity index is 982. The summed E-state index contributed by atoms with van der Waals surface area (Å²) < 4.78 is 10.5. The fourth-order valence-electron chi connectivity index (χ4n) is 3.21. The Morgan fingerprint density at radius 3 is 2.33 bits per heavy atom. The molecule has 0 bridgehead atoms. The highest BCUT2D eigenvalue weighted by Crippen LogP contribution is 2.35. The number of Topliss-reactive ketones (excluding diaryl/α,β-unsaturated/α-hetero) is 1. The molecule has 1 aliphatic carbocycles. The molecule has 0 radical (unpaired) electrons. The van der Waals surface area contributed by atoms with Gasteiger partial charge in [-0.15, -0.1) is 0 Å². The van der Waals surface area contributed by atoms with E-state index in [1.54, 1.807) is 7.11 Å². The number of benzene rings is 3. The van der Waals surface area contributed by atoms with Crippen LogP contribution in [0.3, 0.4) is 0 Å². The van der Waals surface area contributed by atoms with Gasteiger partial charge < -0.3 is 9.47 Å². The molecule has 24 heavy (non-hydrogen) atoms. The number of ketones is 1. The van der Waals surface area contributed by atoms with Gasteiger partial charge in [0.25, 0.3) is 0 Å². The van der Waals surface area contributed by atoms with Crippen molar-refractivity contribution < 1.29 is 14.3 Å². The molecule has 3 aromatic rings. The summed E-state index contributed by atoms with van der Waals surface area (Å²) in [6, 6.07) is 18.0. The van der Waals surface area contributed by atoms with E-state index >= 15 is 0 Å². The Labute approximate surface area is 140 Å². The molecule has 0 atom stereocenters. The summed E-state index contributed by atoms with van der Waals surface area (Å²) in [5, 5.41) is 2.04. The number of allylic oxidation sites excluding steroid dienone is 1. The number of hydrogen-bond donors (Lipinski definition) is 0. The van der Waals surface area contributed by atoms with Crippen molar-refractivity contribution in [2.24, 2.45) is 0 Å². The standard InChI is InChI=1S/C21H16O3/c1-23-17-8-6-13(7-9-17)15-10-14-4-3-5-18-20(14)16(11-15)12-19(24-2)21(18)22/h3-12H,1-2H3. The molecule has 0 spiro atoms. The first-order chi connectivity index (χ1) is 11.7. The molecule has 3 heteroatoms. The largest absolute Gasteiger partial charge is 0.497 e. The third-order valence-electron chi connectivity index (χ3n) is 4.41. The number of carbonyl (C=O) groups is 1. The Kier molecular flexibility index (Phi) is 3.35. The smallest absolute Gasteiger partial charge is 0.228 e. The average molecular weight is 316 g/mol. The average Bonchev–Trinajstić information content (AvgIpc) is 2.64. The van der Waals surface area contributed by atoms with Gasteiger partial charge in [0.15, 0.2) is 5.76 Å². The third-order valence-corrected chi connectivity index (χ3v) is 4.41. The minimum absolute atomic E-state index is 0.0622. The zero-order valence-electron chi connectivity index (χ0n) is 13.5. The molecular weight excluding hydrogens is 300 g/mol. The summed E-state index contributed by atoms with van der Waals surface area (Å²) in [7, 11) is 3.19. The second-order valence-corrected chi connectivity index (χ2v) is 5.74. The molecular formula is C21H16O3.